The van der Waals surface area contributed by atoms with Gasteiger partial charge in [0.05, 0.1) is 25.6 Å². The van der Waals surface area contributed by atoms with Gasteiger partial charge in [-0.15, -0.1) is 5.10 Å². The van der Waals surface area contributed by atoms with Crippen LogP contribution in [0.2, 0.25) is 0 Å². The summed E-state index contributed by atoms with van der Waals surface area (Å²) in [6.07, 6.45) is 18.4. The van der Waals surface area contributed by atoms with Gasteiger partial charge in [0.25, 0.3) is 0 Å². The van der Waals surface area contributed by atoms with E-state index in [1.54, 1.807) is 12.4 Å². The van der Waals surface area contributed by atoms with Gasteiger partial charge in [0.15, 0.2) is 0 Å². The Morgan fingerprint density at radius 3 is 1.61 bits per heavy atom. The van der Waals surface area contributed by atoms with E-state index in [2.05, 4.69) is 34.6 Å². The highest BCUT2D eigenvalue weighted by Gasteiger charge is 1.97. The van der Waals surface area contributed by atoms with E-state index in [9.17, 15) is 0 Å². The SMILES string of the molecule is CCCCCCCCOc1ccc(C=N/N=C(\N)NN=Cc2ccc(OCCCCCCCC)cc2)cc1. The van der Waals surface area contributed by atoms with Gasteiger partial charge in [-0.05, 0) is 72.5 Å². The Kier molecular flexibility index (Phi) is 16.8. The number of hydrogen-bond donors (Lipinski definition) is 2. The lowest BCUT2D eigenvalue weighted by atomic mass is 10.1. The normalized spacial score (nSPS) is 11.9. The van der Waals surface area contributed by atoms with Gasteiger partial charge in [-0.25, -0.2) is 5.43 Å². The first kappa shape index (κ1) is 30.9. The summed E-state index contributed by atoms with van der Waals surface area (Å²) in [5.41, 5.74) is 10.4. The van der Waals surface area contributed by atoms with Crippen LogP contribution in [-0.2, 0) is 0 Å². The highest BCUT2D eigenvalue weighted by molar-refractivity contribution is 5.84. The van der Waals surface area contributed by atoms with E-state index in [0.29, 0.717) is 0 Å². The number of nitrogens with one attached hydrogen (secondary N) is 1. The Balaban J connectivity index is 1.63. The third kappa shape index (κ3) is 15.0. The second kappa shape index (κ2) is 20.7. The summed E-state index contributed by atoms with van der Waals surface area (Å²) in [5.74, 6) is 1.85. The zero-order valence-corrected chi connectivity index (χ0v) is 23.4. The van der Waals surface area contributed by atoms with Crippen molar-refractivity contribution < 1.29 is 9.47 Å². The van der Waals surface area contributed by atoms with E-state index in [1.807, 2.05) is 48.5 Å². The van der Waals surface area contributed by atoms with Crippen molar-refractivity contribution in [1.82, 2.24) is 5.43 Å². The summed E-state index contributed by atoms with van der Waals surface area (Å²) < 4.78 is 11.6. The molecule has 38 heavy (non-hydrogen) atoms. The number of nitrogens with two attached hydrogens (primary N) is 1. The number of nitrogens with zero attached hydrogens (tertiary/aromatic N) is 3. The largest absolute Gasteiger partial charge is 0.494 e. The molecule has 0 radical (unpaired) electrons. The van der Waals surface area contributed by atoms with Gasteiger partial charge < -0.3 is 15.2 Å². The molecule has 0 saturated heterocycles. The maximum atomic E-state index is 5.83. The average molecular weight is 522 g/mol. The maximum absolute atomic E-state index is 5.83. The number of rotatable bonds is 20. The number of ether oxygens (including phenoxy) is 2. The number of benzene rings is 2. The second-order valence-corrected chi connectivity index (χ2v) is 9.47. The number of hydrogen-bond acceptors (Lipinski definition) is 5. The fourth-order valence-corrected chi connectivity index (χ4v) is 3.80. The van der Waals surface area contributed by atoms with Crippen molar-refractivity contribution in [1.29, 1.82) is 0 Å². The Bertz CT molecular complexity index is 940. The van der Waals surface area contributed by atoms with Crippen LogP contribution < -0.4 is 20.6 Å². The third-order valence-corrected chi connectivity index (χ3v) is 6.06. The smallest absolute Gasteiger partial charge is 0.234 e. The lowest BCUT2D eigenvalue weighted by molar-refractivity contribution is 0.304. The van der Waals surface area contributed by atoms with Gasteiger partial charge in [-0.1, -0.05) is 78.1 Å². The number of unbranched alkanes of at least 4 members (excludes halogenated alkanes) is 10. The van der Waals surface area contributed by atoms with E-state index in [-0.39, 0.29) is 5.96 Å². The zero-order valence-electron chi connectivity index (χ0n) is 23.4. The molecule has 2 aromatic carbocycles. The second-order valence-electron chi connectivity index (χ2n) is 9.47. The molecule has 7 heteroatoms. The molecule has 0 heterocycles. The molecule has 0 aliphatic carbocycles. The van der Waals surface area contributed by atoms with E-state index in [0.717, 1.165) is 48.7 Å². The van der Waals surface area contributed by atoms with Crippen LogP contribution in [-0.4, -0.2) is 31.6 Å². The van der Waals surface area contributed by atoms with E-state index in [4.69, 9.17) is 15.2 Å². The molecule has 0 aliphatic heterocycles. The van der Waals surface area contributed by atoms with Crippen LogP contribution in [0.5, 0.6) is 11.5 Å². The van der Waals surface area contributed by atoms with Crippen LogP contribution >= 0.6 is 0 Å². The third-order valence-electron chi connectivity index (χ3n) is 6.06. The van der Waals surface area contributed by atoms with Crippen LogP contribution in [0.1, 0.15) is 102 Å². The van der Waals surface area contributed by atoms with Crippen molar-refractivity contribution in [3.63, 3.8) is 0 Å². The number of guanidine groups is 1. The summed E-state index contributed by atoms with van der Waals surface area (Å²) in [6, 6.07) is 15.6. The summed E-state index contributed by atoms with van der Waals surface area (Å²) in [5, 5.41) is 12.1. The van der Waals surface area contributed by atoms with Crippen molar-refractivity contribution in [3.8, 4) is 11.5 Å². The highest BCUT2D eigenvalue weighted by atomic mass is 16.5. The summed E-state index contributed by atoms with van der Waals surface area (Å²) in [7, 11) is 0. The first-order valence-electron chi connectivity index (χ1n) is 14.3. The van der Waals surface area contributed by atoms with E-state index in [1.165, 1.54) is 64.2 Å². The Labute approximate surface area is 229 Å². The Hall–Kier alpha value is -3.35. The van der Waals surface area contributed by atoms with Crippen LogP contribution in [0.25, 0.3) is 0 Å². The first-order valence-corrected chi connectivity index (χ1v) is 14.3. The van der Waals surface area contributed by atoms with Crippen LogP contribution in [0.3, 0.4) is 0 Å². The molecule has 0 amide bonds. The predicted octanol–water partition coefficient (Wildman–Crippen LogP) is 7.44. The van der Waals surface area contributed by atoms with Crippen LogP contribution in [0.15, 0.2) is 63.8 Å². The zero-order chi connectivity index (χ0) is 27.1. The quantitative estimate of drug-likeness (QED) is 0.0819. The molecular weight excluding hydrogens is 474 g/mol. The molecule has 0 aliphatic rings. The average Bonchev–Trinajstić information content (AvgIpc) is 2.94. The Morgan fingerprint density at radius 1 is 0.658 bits per heavy atom. The molecule has 0 atom stereocenters. The Morgan fingerprint density at radius 2 is 1.11 bits per heavy atom. The minimum atomic E-state index is 0.107. The molecule has 208 valence electrons. The van der Waals surface area contributed by atoms with Gasteiger partial charge in [0.1, 0.15) is 11.5 Å². The van der Waals surface area contributed by atoms with Gasteiger partial charge in [0.2, 0.25) is 5.96 Å². The maximum Gasteiger partial charge on any atom is 0.234 e. The molecule has 7 nitrogen and oxygen atoms in total. The molecule has 2 rings (SSSR count). The summed E-state index contributed by atoms with van der Waals surface area (Å²) >= 11 is 0. The lowest BCUT2D eigenvalue weighted by Crippen LogP contribution is -2.26. The highest BCUT2D eigenvalue weighted by Crippen LogP contribution is 2.14. The van der Waals surface area contributed by atoms with Crippen molar-refractivity contribution in [3.05, 3.63) is 59.7 Å². The lowest BCUT2D eigenvalue weighted by Gasteiger charge is -2.06. The summed E-state index contributed by atoms with van der Waals surface area (Å²) in [6.45, 7) is 5.98. The standard InChI is InChI=1S/C31H47N5O2/c1-3-5-7-9-11-13-23-37-29-19-15-27(16-20-29)25-33-35-31(32)36-34-26-28-17-21-30(22-18-28)38-24-14-12-10-8-6-4-2/h15-22,25-26H,3-14,23-24H2,1-2H3,(H3,32,35,36). The van der Waals surface area contributed by atoms with Gasteiger partial charge in [0, 0.05) is 0 Å². The fraction of sp³-hybridized carbons (Fsp3) is 0.516. The molecular formula is C31H47N5O2. The molecule has 0 aromatic heterocycles. The van der Waals surface area contributed by atoms with Crippen molar-refractivity contribution >= 4 is 18.4 Å². The van der Waals surface area contributed by atoms with Crippen LogP contribution in [0, 0.1) is 0 Å². The minimum Gasteiger partial charge on any atom is -0.494 e. The van der Waals surface area contributed by atoms with Gasteiger partial charge in [-0.3, -0.25) is 0 Å². The van der Waals surface area contributed by atoms with Crippen molar-refractivity contribution in [2.24, 2.45) is 21.0 Å². The molecule has 0 unspecified atom stereocenters. The minimum absolute atomic E-state index is 0.107. The molecule has 0 spiro atoms. The molecule has 0 bridgehead atoms. The number of hydrazone groups is 1. The molecule has 2 aromatic rings. The molecule has 0 fully saturated rings. The predicted molar refractivity (Wildman–Crippen MR) is 161 cm³/mol. The summed E-state index contributed by atoms with van der Waals surface area (Å²) in [4.78, 5) is 0. The van der Waals surface area contributed by atoms with E-state index < -0.39 is 0 Å². The fourth-order valence-electron chi connectivity index (χ4n) is 3.80. The first-order chi connectivity index (χ1) is 18.7. The van der Waals surface area contributed by atoms with Gasteiger partial charge >= 0.3 is 0 Å². The van der Waals surface area contributed by atoms with Crippen LogP contribution in [0.4, 0.5) is 0 Å². The van der Waals surface area contributed by atoms with E-state index >= 15 is 0 Å². The van der Waals surface area contributed by atoms with Gasteiger partial charge in [-0.2, -0.15) is 10.2 Å². The topological polar surface area (TPSA) is 93.6 Å². The molecule has 3 N–H and O–H groups in total. The monoisotopic (exact) mass is 521 g/mol. The molecule has 0 saturated carbocycles. The van der Waals surface area contributed by atoms with Crippen molar-refractivity contribution in [2.45, 2.75) is 90.9 Å². The van der Waals surface area contributed by atoms with Crippen molar-refractivity contribution in [2.75, 3.05) is 13.2 Å².